The molecule has 0 aliphatic carbocycles. The number of hydrogen-bond acceptors (Lipinski definition) is 3. The first-order valence-corrected chi connectivity index (χ1v) is 9.57. The van der Waals surface area contributed by atoms with Crippen molar-refractivity contribution < 1.29 is 13.2 Å². The molecular formula is C15H14BrClN2O3S. The summed E-state index contributed by atoms with van der Waals surface area (Å²) in [5.74, 6) is -0.470. The molecule has 1 N–H and O–H groups in total. The molecule has 1 amide bonds. The van der Waals surface area contributed by atoms with Crippen molar-refractivity contribution >= 4 is 54.8 Å². The van der Waals surface area contributed by atoms with Crippen LogP contribution in [0, 0.1) is 0 Å². The molecule has 0 radical (unpaired) electrons. The lowest BCUT2D eigenvalue weighted by Crippen LogP contribution is -2.37. The highest BCUT2D eigenvalue weighted by molar-refractivity contribution is 9.10. The van der Waals surface area contributed by atoms with E-state index < -0.39 is 15.9 Å². The van der Waals surface area contributed by atoms with Crippen LogP contribution >= 0.6 is 27.5 Å². The number of anilines is 2. The van der Waals surface area contributed by atoms with E-state index in [1.165, 1.54) is 0 Å². The van der Waals surface area contributed by atoms with E-state index in [0.717, 1.165) is 10.6 Å². The molecule has 0 spiro atoms. The number of carbonyl (C=O) groups is 1. The number of benzene rings is 2. The summed E-state index contributed by atoms with van der Waals surface area (Å²) in [5.41, 5.74) is 0.823. The molecule has 0 saturated heterocycles. The zero-order valence-electron chi connectivity index (χ0n) is 12.2. The SMILES string of the molecule is CS(=O)(=O)N(CC(=O)Nc1ccccc1Br)c1ccccc1Cl. The Morgan fingerprint density at radius 3 is 2.39 bits per heavy atom. The Bertz CT molecular complexity index is 827. The van der Waals surface area contributed by atoms with Crippen LogP contribution in [0.4, 0.5) is 11.4 Å². The van der Waals surface area contributed by atoms with Crippen LogP contribution in [-0.4, -0.2) is 27.1 Å². The summed E-state index contributed by atoms with van der Waals surface area (Å²) in [6.45, 7) is -0.371. The lowest BCUT2D eigenvalue weighted by Gasteiger charge is -2.23. The quantitative estimate of drug-likeness (QED) is 0.809. The Balaban J connectivity index is 2.24. The van der Waals surface area contributed by atoms with Crippen molar-refractivity contribution in [2.45, 2.75) is 0 Å². The van der Waals surface area contributed by atoms with Crippen LogP contribution in [-0.2, 0) is 14.8 Å². The van der Waals surface area contributed by atoms with E-state index in [1.807, 2.05) is 6.07 Å². The maximum Gasteiger partial charge on any atom is 0.245 e. The minimum atomic E-state index is -3.66. The van der Waals surface area contributed by atoms with Crippen molar-refractivity contribution in [3.05, 3.63) is 58.0 Å². The van der Waals surface area contributed by atoms with Crippen molar-refractivity contribution in [2.24, 2.45) is 0 Å². The molecule has 0 aromatic heterocycles. The van der Waals surface area contributed by atoms with Crippen LogP contribution in [0.15, 0.2) is 53.0 Å². The third-order valence-electron chi connectivity index (χ3n) is 2.96. The van der Waals surface area contributed by atoms with E-state index in [9.17, 15) is 13.2 Å². The number of amides is 1. The topological polar surface area (TPSA) is 66.5 Å². The molecular weight excluding hydrogens is 404 g/mol. The van der Waals surface area contributed by atoms with E-state index in [0.29, 0.717) is 10.2 Å². The molecule has 0 fully saturated rings. The van der Waals surface area contributed by atoms with E-state index in [1.54, 1.807) is 42.5 Å². The van der Waals surface area contributed by atoms with E-state index in [4.69, 9.17) is 11.6 Å². The third kappa shape index (κ3) is 4.70. The van der Waals surface area contributed by atoms with E-state index in [-0.39, 0.29) is 17.3 Å². The highest BCUT2D eigenvalue weighted by Crippen LogP contribution is 2.27. The number of carbonyl (C=O) groups excluding carboxylic acids is 1. The van der Waals surface area contributed by atoms with Crippen LogP contribution in [0.25, 0.3) is 0 Å². The Hall–Kier alpha value is -1.57. The van der Waals surface area contributed by atoms with Crippen molar-refractivity contribution in [3.8, 4) is 0 Å². The molecule has 0 bridgehead atoms. The normalized spacial score (nSPS) is 11.1. The van der Waals surface area contributed by atoms with Gasteiger partial charge in [0.05, 0.1) is 22.7 Å². The van der Waals surface area contributed by atoms with Crippen molar-refractivity contribution in [3.63, 3.8) is 0 Å². The minimum absolute atomic E-state index is 0.256. The molecule has 5 nitrogen and oxygen atoms in total. The number of rotatable bonds is 5. The Morgan fingerprint density at radius 1 is 1.17 bits per heavy atom. The van der Waals surface area contributed by atoms with Crippen molar-refractivity contribution in [2.75, 3.05) is 22.4 Å². The molecule has 122 valence electrons. The predicted molar refractivity (Wildman–Crippen MR) is 96.4 cm³/mol. The standard InChI is InChI=1S/C15H14BrClN2O3S/c1-23(21,22)19(14-9-5-3-7-12(14)17)10-15(20)18-13-8-4-2-6-11(13)16/h2-9H,10H2,1H3,(H,18,20). The van der Waals surface area contributed by atoms with Gasteiger partial charge in [0.25, 0.3) is 0 Å². The van der Waals surface area contributed by atoms with E-state index >= 15 is 0 Å². The summed E-state index contributed by atoms with van der Waals surface area (Å²) >= 11 is 9.37. The molecule has 8 heteroatoms. The van der Waals surface area contributed by atoms with Gasteiger partial charge in [-0.3, -0.25) is 9.10 Å². The van der Waals surface area contributed by atoms with Gasteiger partial charge in [-0.2, -0.15) is 0 Å². The van der Waals surface area contributed by atoms with Crippen molar-refractivity contribution in [1.82, 2.24) is 0 Å². The summed E-state index contributed by atoms with van der Waals surface area (Å²) < 4.78 is 25.7. The lowest BCUT2D eigenvalue weighted by atomic mass is 10.3. The van der Waals surface area contributed by atoms with Crippen LogP contribution in [0.5, 0.6) is 0 Å². The molecule has 0 saturated carbocycles. The van der Waals surface area contributed by atoms with Crippen LogP contribution < -0.4 is 9.62 Å². The minimum Gasteiger partial charge on any atom is -0.323 e. The maximum absolute atomic E-state index is 12.2. The zero-order valence-corrected chi connectivity index (χ0v) is 15.3. The van der Waals surface area contributed by atoms with Gasteiger partial charge in [0.15, 0.2) is 0 Å². The summed E-state index contributed by atoms with van der Waals surface area (Å²) in [5, 5.41) is 2.92. The van der Waals surface area contributed by atoms with Gasteiger partial charge in [-0.05, 0) is 40.2 Å². The first kappa shape index (κ1) is 17.8. The highest BCUT2D eigenvalue weighted by atomic mass is 79.9. The Labute approximate surface area is 148 Å². The van der Waals surface area contributed by atoms with Gasteiger partial charge in [0, 0.05) is 4.47 Å². The summed E-state index contributed by atoms with van der Waals surface area (Å²) in [7, 11) is -3.66. The zero-order chi connectivity index (χ0) is 17.0. The number of nitrogens with one attached hydrogen (secondary N) is 1. The first-order chi connectivity index (χ1) is 10.8. The van der Waals surface area contributed by atoms with Gasteiger partial charge < -0.3 is 5.32 Å². The van der Waals surface area contributed by atoms with Gasteiger partial charge in [-0.15, -0.1) is 0 Å². The second-order valence-electron chi connectivity index (χ2n) is 4.75. The van der Waals surface area contributed by atoms with Crippen LogP contribution in [0.3, 0.4) is 0 Å². The predicted octanol–water partition coefficient (Wildman–Crippen LogP) is 3.51. The maximum atomic E-state index is 12.2. The molecule has 0 aliphatic rings. The fourth-order valence-electron chi connectivity index (χ4n) is 1.92. The molecule has 0 unspecified atom stereocenters. The number of nitrogens with zero attached hydrogens (tertiary/aromatic N) is 1. The molecule has 23 heavy (non-hydrogen) atoms. The Kier molecular flexibility index (Phi) is 5.67. The van der Waals surface area contributed by atoms with Crippen molar-refractivity contribution in [1.29, 1.82) is 0 Å². The van der Waals surface area contributed by atoms with E-state index in [2.05, 4.69) is 21.2 Å². The average molecular weight is 418 g/mol. The molecule has 0 heterocycles. The second-order valence-corrected chi connectivity index (χ2v) is 7.92. The van der Waals surface area contributed by atoms with Gasteiger partial charge in [-0.25, -0.2) is 8.42 Å². The number of para-hydroxylation sites is 2. The average Bonchev–Trinajstić information content (AvgIpc) is 2.47. The number of halogens is 2. The van der Waals surface area contributed by atoms with Crippen LogP contribution in [0.1, 0.15) is 0 Å². The molecule has 2 aromatic carbocycles. The van der Waals surface area contributed by atoms with Gasteiger partial charge in [0.1, 0.15) is 6.54 Å². The fourth-order valence-corrected chi connectivity index (χ4v) is 3.46. The molecule has 0 aliphatic heterocycles. The molecule has 2 aromatic rings. The first-order valence-electron chi connectivity index (χ1n) is 6.55. The number of sulfonamides is 1. The monoisotopic (exact) mass is 416 g/mol. The molecule has 2 rings (SSSR count). The second kappa shape index (κ2) is 7.33. The fraction of sp³-hybridized carbons (Fsp3) is 0.133. The largest absolute Gasteiger partial charge is 0.323 e. The molecule has 0 atom stereocenters. The van der Waals surface area contributed by atoms with Gasteiger partial charge in [-0.1, -0.05) is 35.9 Å². The van der Waals surface area contributed by atoms with Crippen LogP contribution in [0.2, 0.25) is 5.02 Å². The smallest absolute Gasteiger partial charge is 0.245 e. The van der Waals surface area contributed by atoms with Gasteiger partial charge in [0.2, 0.25) is 15.9 Å². The summed E-state index contributed by atoms with van der Waals surface area (Å²) in [4.78, 5) is 12.2. The van der Waals surface area contributed by atoms with Gasteiger partial charge >= 0.3 is 0 Å². The lowest BCUT2D eigenvalue weighted by molar-refractivity contribution is -0.114. The summed E-state index contributed by atoms with van der Waals surface area (Å²) in [6.07, 6.45) is 1.03. The summed E-state index contributed by atoms with van der Waals surface area (Å²) in [6, 6.07) is 13.5. The third-order valence-corrected chi connectivity index (χ3v) is 5.09. The highest BCUT2D eigenvalue weighted by Gasteiger charge is 2.23. The Morgan fingerprint density at radius 2 is 1.78 bits per heavy atom. The number of hydrogen-bond donors (Lipinski definition) is 1.